The number of benzene rings is 1. The minimum Gasteiger partial charge on any atom is -0.356 e. The molecule has 0 unspecified atom stereocenters. The Morgan fingerprint density at radius 3 is 2.90 bits per heavy atom. The summed E-state index contributed by atoms with van der Waals surface area (Å²) in [5.74, 6) is 1.52. The first-order chi connectivity index (χ1) is 10.1. The summed E-state index contributed by atoms with van der Waals surface area (Å²) in [7, 11) is 2.03. The molecule has 1 fully saturated rings. The van der Waals surface area contributed by atoms with Gasteiger partial charge in [0, 0.05) is 19.5 Å². The highest BCUT2D eigenvalue weighted by molar-refractivity contribution is 5.79. The molecular weight excluding hydrogens is 262 g/mol. The molecule has 1 N–H and O–H groups in total. The fourth-order valence-corrected chi connectivity index (χ4v) is 3.18. The van der Waals surface area contributed by atoms with Crippen molar-refractivity contribution in [3.8, 4) is 0 Å². The van der Waals surface area contributed by atoms with Gasteiger partial charge in [0.25, 0.3) is 0 Å². The van der Waals surface area contributed by atoms with Crippen LogP contribution < -0.4 is 5.32 Å². The standard InChI is InChI=1S/C17H23N3O/c1-12-19-15-11-13(7-8-16(15)20(12)2)9-10-18-17(21)14-5-3-4-6-14/h7-8,11,14H,3-6,9-10H2,1-2H3,(H,18,21). The number of rotatable bonds is 4. The number of amides is 1. The number of carbonyl (C=O) groups is 1. The van der Waals surface area contributed by atoms with Gasteiger partial charge in [-0.1, -0.05) is 18.9 Å². The van der Waals surface area contributed by atoms with Crippen LogP contribution in [0.4, 0.5) is 0 Å². The van der Waals surface area contributed by atoms with Crippen LogP contribution in [0.2, 0.25) is 0 Å². The van der Waals surface area contributed by atoms with E-state index >= 15 is 0 Å². The largest absolute Gasteiger partial charge is 0.356 e. The van der Waals surface area contributed by atoms with Crippen molar-refractivity contribution in [2.24, 2.45) is 13.0 Å². The van der Waals surface area contributed by atoms with E-state index in [0.717, 1.165) is 36.1 Å². The molecular formula is C17H23N3O. The van der Waals surface area contributed by atoms with Gasteiger partial charge in [0.15, 0.2) is 0 Å². The number of aromatic nitrogens is 2. The third-order valence-electron chi connectivity index (χ3n) is 4.61. The van der Waals surface area contributed by atoms with Crippen LogP contribution in [0.5, 0.6) is 0 Å². The highest BCUT2D eigenvalue weighted by atomic mass is 16.1. The number of aryl methyl sites for hydroxylation is 2. The van der Waals surface area contributed by atoms with Gasteiger partial charge >= 0.3 is 0 Å². The lowest BCUT2D eigenvalue weighted by Gasteiger charge is -2.10. The van der Waals surface area contributed by atoms with Crippen molar-refractivity contribution in [2.75, 3.05) is 6.54 Å². The maximum atomic E-state index is 12.0. The molecule has 112 valence electrons. The molecule has 1 aliphatic rings. The van der Waals surface area contributed by atoms with Crippen molar-refractivity contribution in [2.45, 2.75) is 39.0 Å². The topological polar surface area (TPSA) is 46.9 Å². The molecule has 0 spiro atoms. The van der Waals surface area contributed by atoms with Gasteiger partial charge < -0.3 is 9.88 Å². The quantitative estimate of drug-likeness (QED) is 0.939. The molecule has 0 bridgehead atoms. The molecule has 0 aliphatic heterocycles. The molecule has 0 atom stereocenters. The summed E-state index contributed by atoms with van der Waals surface area (Å²) in [5.41, 5.74) is 3.42. The van der Waals surface area contributed by atoms with E-state index in [0.29, 0.717) is 6.54 Å². The van der Waals surface area contributed by atoms with E-state index in [2.05, 4.69) is 33.1 Å². The molecule has 1 aromatic carbocycles. The third-order valence-corrected chi connectivity index (χ3v) is 4.61. The first-order valence-corrected chi connectivity index (χ1v) is 7.85. The van der Waals surface area contributed by atoms with E-state index in [4.69, 9.17) is 0 Å². The monoisotopic (exact) mass is 285 g/mol. The number of hydrogen-bond donors (Lipinski definition) is 1. The maximum absolute atomic E-state index is 12.0. The molecule has 1 amide bonds. The van der Waals surface area contributed by atoms with Gasteiger partial charge in [0.1, 0.15) is 5.82 Å². The summed E-state index contributed by atoms with van der Waals surface area (Å²) in [4.78, 5) is 16.5. The van der Waals surface area contributed by atoms with Crippen molar-refractivity contribution in [1.29, 1.82) is 0 Å². The molecule has 1 aliphatic carbocycles. The van der Waals surface area contributed by atoms with Crippen LogP contribution in [0.3, 0.4) is 0 Å². The van der Waals surface area contributed by atoms with Gasteiger partial charge in [-0.05, 0) is 43.9 Å². The van der Waals surface area contributed by atoms with Crippen molar-refractivity contribution in [3.63, 3.8) is 0 Å². The molecule has 3 rings (SSSR count). The maximum Gasteiger partial charge on any atom is 0.223 e. The van der Waals surface area contributed by atoms with Gasteiger partial charge in [-0.15, -0.1) is 0 Å². The van der Waals surface area contributed by atoms with Crippen LogP contribution in [0.15, 0.2) is 18.2 Å². The smallest absolute Gasteiger partial charge is 0.223 e. The van der Waals surface area contributed by atoms with Crippen molar-refractivity contribution in [1.82, 2.24) is 14.9 Å². The number of hydrogen-bond acceptors (Lipinski definition) is 2. The molecule has 2 aromatic rings. The number of fused-ring (bicyclic) bond motifs is 1. The van der Waals surface area contributed by atoms with Crippen LogP contribution in [-0.4, -0.2) is 22.0 Å². The summed E-state index contributed by atoms with van der Waals surface area (Å²) in [6.45, 7) is 2.73. The van der Waals surface area contributed by atoms with Crippen molar-refractivity contribution < 1.29 is 4.79 Å². The van der Waals surface area contributed by atoms with E-state index < -0.39 is 0 Å². The Hall–Kier alpha value is -1.84. The lowest BCUT2D eigenvalue weighted by Crippen LogP contribution is -2.30. The molecule has 21 heavy (non-hydrogen) atoms. The predicted molar refractivity (Wildman–Crippen MR) is 84.1 cm³/mol. The SMILES string of the molecule is Cc1nc2cc(CCNC(=O)C3CCCC3)ccc2n1C. The Morgan fingerprint density at radius 2 is 2.14 bits per heavy atom. The van der Waals surface area contributed by atoms with Crippen LogP contribution in [-0.2, 0) is 18.3 Å². The van der Waals surface area contributed by atoms with Gasteiger partial charge in [0.05, 0.1) is 11.0 Å². The Labute approximate surface area is 125 Å². The minimum atomic E-state index is 0.238. The first kappa shape index (κ1) is 14.1. The fourth-order valence-electron chi connectivity index (χ4n) is 3.18. The third kappa shape index (κ3) is 2.94. The lowest BCUT2D eigenvalue weighted by atomic mass is 10.1. The average Bonchev–Trinajstić information content (AvgIpc) is 3.09. The molecule has 0 radical (unpaired) electrons. The highest BCUT2D eigenvalue weighted by Crippen LogP contribution is 2.24. The summed E-state index contributed by atoms with van der Waals surface area (Å²) < 4.78 is 2.10. The summed E-state index contributed by atoms with van der Waals surface area (Å²) >= 11 is 0. The van der Waals surface area contributed by atoms with Crippen LogP contribution in [0, 0.1) is 12.8 Å². The van der Waals surface area contributed by atoms with Crippen LogP contribution >= 0.6 is 0 Å². The van der Waals surface area contributed by atoms with E-state index in [9.17, 15) is 4.79 Å². The summed E-state index contributed by atoms with van der Waals surface area (Å²) in [5, 5.41) is 3.07. The van der Waals surface area contributed by atoms with Crippen molar-refractivity contribution >= 4 is 16.9 Å². The molecule has 4 nitrogen and oxygen atoms in total. The van der Waals surface area contributed by atoms with E-state index in [1.165, 1.54) is 18.4 Å². The molecule has 1 heterocycles. The van der Waals surface area contributed by atoms with Crippen LogP contribution in [0.25, 0.3) is 11.0 Å². The van der Waals surface area contributed by atoms with E-state index in [1.54, 1.807) is 0 Å². The zero-order valence-electron chi connectivity index (χ0n) is 12.9. The lowest BCUT2D eigenvalue weighted by molar-refractivity contribution is -0.124. The highest BCUT2D eigenvalue weighted by Gasteiger charge is 2.21. The molecule has 1 aromatic heterocycles. The second-order valence-corrected chi connectivity index (χ2v) is 6.06. The molecule has 1 saturated carbocycles. The number of nitrogens with one attached hydrogen (secondary N) is 1. The second-order valence-electron chi connectivity index (χ2n) is 6.06. The van der Waals surface area contributed by atoms with E-state index in [1.807, 2.05) is 14.0 Å². The summed E-state index contributed by atoms with van der Waals surface area (Å²) in [6.07, 6.45) is 5.39. The van der Waals surface area contributed by atoms with Gasteiger partial charge in [-0.2, -0.15) is 0 Å². The molecule has 4 heteroatoms. The normalized spacial score (nSPS) is 15.7. The Kier molecular flexibility index (Phi) is 3.95. The fraction of sp³-hybridized carbons (Fsp3) is 0.529. The van der Waals surface area contributed by atoms with Crippen molar-refractivity contribution in [3.05, 3.63) is 29.6 Å². The van der Waals surface area contributed by atoms with Gasteiger partial charge in [-0.3, -0.25) is 4.79 Å². The van der Waals surface area contributed by atoms with Gasteiger partial charge in [0.2, 0.25) is 5.91 Å². The number of imidazole rings is 1. The Morgan fingerprint density at radius 1 is 1.38 bits per heavy atom. The first-order valence-electron chi connectivity index (χ1n) is 7.85. The minimum absolute atomic E-state index is 0.238. The Balaban J connectivity index is 1.59. The second kappa shape index (κ2) is 5.88. The summed E-state index contributed by atoms with van der Waals surface area (Å²) in [6, 6.07) is 6.37. The number of nitrogens with zero attached hydrogens (tertiary/aromatic N) is 2. The zero-order valence-corrected chi connectivity index (χ0v) is 12.9. The zero-order chi connectivity index (χ0) is 14.8. The molecule has 0 saturated heterocycles. The predicted octanol–water partition coefficient (Wildman–Crippen LogP) is 2.73. The van der Waals surface area contributed by atoms with E-state index in [-0.39, 0.29) is 11.8 Å². The van der Waals surface area contributed by atoms with Crippen LogP contribution in [0.1, 0.15) is 37.1 Å². The van der Waals surface area contributed by atoms with Gasteiger partial charge in [-0.25, -0.2) is 4.98 Å². The average molecular weight is 285 g/mol. The Bertz CT molecular complexity index is 653. The number of carbonyl (C=O) groups excluding carboxylic acids is 1.